The Balaban J connectivity index is 1.77. The summed E-state index contributed by atoms with van der Waals surface area (Å²) in [5.41, 5.74) is 5.71. The quantitative estimate of drug-likeness (QED) is 0.371. The van der Waals surface area contributed by atoms with Crippen LogP contribution < -0.4 is 14.8 Å². The van der Waals surface area contributed by atoms with Crippen molar-refractivity contribution in [3.05, 3.63) is 86.3 Å². The summed E-state index contributed by atoms with van der Waals surface area (Å²) in [5.74, 6) is 1.42. The molecule has 0 unspecified atom stereocenters. The molecule has 29 heavy (non-hydrogen) atoms. The van der Waals surface area contributed by atoms with Gasteiger partial charge in [-0.15, -0.1) is 0 Å². The van der Waals surface area contributed by atoms with Crippen LogP contribution in [0.5, 0.6) is 11.5 Å². The van der Waals surface area contributed by atoms with E-state index in [1.54, 1.807) is 0 Å². The van der Waals surface area contributed by atoms with Crippen LogP contribution in [-0.2, 0) is 13.2 Å². The highest BCUT2D eigenvalue weighted by Gasteiger charge is 2.13. The number of halogens is 2. The fraction of sp³-hybridized carbons (Fsp3) is 0.250. The Morgan fingerprint density at radius 3 is 2.55 bits per heavy atom. The predicted octanol–water partition coefficient (Wildman–Crippen LogP) is 7.31. The third-order valence-corrected chi connectivity index (χ3v) is 5.34. The number of rotatable bonds is 8. The summed E-state index contributed by atoms with van der Waals surface area (Å²) >= 11 is 9.72. The minimum Gasteiger partial charge on any atom is -0.490 e. The van der Waals surface area contributed by atoms with E-state index in [9.17, 15) is 0 Å². The van der Waals surface area contributed by atoms with Crippen LogP contribution in [0.1, 0.15) is 29.2 Å². The lowest BCUT2D eigenvalue weighted by Gasteiger charge is -2.17. The van der Waals surface area contributed by atoms with E-state index >= 15 is 0 Å². The average molecular weight is 475 g/mol. The molecule has 0 bridgehead atoms. The summed E-state index contributed by atoms with van der Waals surface area (Å²) in [6.07, 6.45) is 0. The van der Waals surface area contributed by atoms with Gasteiger partial charge in [0.15, 0.2) is 11.5 Å². The third kappa shape index (κ3) is 5.91. The van der Waals surface area contributed by atoms with Crippen LogP contribution in [-0.4, -0.2) is 6.61 Å². The number of benzene rings is 3. The fourth-order valence-electron chi connectivity index (χ4n) is 3.03. The Bertz CT molecular complexity index is 991. The maximum Gasteiger partial charge on any atom is 0.175 e. The second kappa shape index (κ2) is 10.0. The molecule has 3 aromatic carbocycles. The van der Waals surface area contributed by atoms with Crippen molar-refractivity contribution in [1.29, 1.82) is 0 Å². The van der Waals surface area contributed by atoms with Gasteiger partial charge in [-0.05, 0) is 89.3 Å². The van der Waals surface area contributed by atoms with Gasteiger partial charge in [0.1, 0.15) is 6.61 Å². The minimum atomic E-state index is 0.416. The van der Waals surface area contributed by atoms with Crippen molar-refractivity contribution in [2.75, 3.05) is 11.9 Å². The van der Waals surface area contributed by atoms with Crippen LogP contribution in [0.15, 0.2) is 59.1 Å². The summed E-state index contributed by atoms with van der Waals surface area (Å²) in [4.78, 5) is 0. The third-order valence-electron chi connectivity index (χ3n) is 4.52. The number of aryl methyl sites for hydroxylation is 2. The van der Waals surface area contributed by atoms with Crippen molar-refractivity contribution in [3.63, 3.8) is 0 Å². The molecule has 0 fully saturated rings. The molecule has 1 N–H and O–H groups in total. The van der Waals surface area contributed by atoms with E-state index in [1.807, 2.05) is 37.3 Å². The molecule has 3 aromatic rings. The van der Waals surface area contributed by atoms with Gasteiger partial charge in [0, 0.05) is 17.3 Å². The maximum atomic E-state index is 6.07. The van der Waals surface area contributed by atoms with Gasteiger partial charge in [-0.2, -0.15) is 0 Å². The monoisotopic (exact) mass is 473 g/mol. The number of ether oxygens (including phenoxy) is 2. The zero-order valence-electron chi connectivity index (χ0n) is 16.9. The molecule has 3 rings (SSSR count). The molecule has 5 heteroatoms. The molecule has 0 radical (unpaired) electrons. The average Bonchev–Trinajstić information content (AvgIpc) is 2.68. The highest BCUT2D eigenvalue weighted by molar-refractivity contribution is 9.10. The van der Waals surface area contributed by atoms with Gasteiger partial charge in [-0.25, -0.2) is 0 Å². The van der Waals surface area contributed by atoms with Gasteiger partial charge in [-0.3, -0.25) is 0 Å². The molecule has 0 aromatic heterocycles. The van der Waals surface area contributed by atoms with Gasteiger partial charge in [-0.1, -0.05) is 35.9 Å². The van der Waals surface area contributed by atoms with Crippen LogP contribution in [0, 0.1) is 13.8 Å². The Kier molecular flexibility index (Phi) is 7.45. The zero-order valence-corrected chi connectivity index (χ0v) is 19.2. The molecular formula is C24H25BrClNO2. The maximum absolute atomic E-state index is 6.07. The van der Waals surface area contributed by atoms with Gasteiger partial charge in [0.25, 0.3) is 0 Å². The molecule has 3 nitrogen and oxygen atoms in total. The van der Waals surface area contributed by atoms with Crippen LogP contribution in [0.2, 0.25) is 5.02 Å². The van der Waals surface area contributed by atoms with Crippen LogP contribution >= 0.6 is 27.5 Å². The van der Waals surface area contributed by atoms with Crippen LogP contribution in [0.3, 0.4) is 0 Å². The Morgan fingerprint density at radius 1 is 0.966 bits per heavy atom. The topological polar surface area (TPSA) is 30.5 Å². The van der Waals surface area contributed by atoms with E-state index in [0.717, 1.165) is 27.0 Å². The first-order valence-corrected chi connectivity index (χ1v) is 10.8. The summed E-state index contributed by atoms with van der Waals surface area (Å²) in [6.45, 7) is 7.84. The smallest absolute Gasteiger partial charge is 0.175 e. The van der Waals surface area contributed by atoms with Crippen molar-refractivity contribution in [1.82, 2.24) is 0 Å². The molecular weight excluding hydrogens is 450 g/mol. The van der Waals surface area contributed by atoms with Crippen molar-refractivity contribution in [3.8, 4) is 11.5 Å². The summed E-state index contributed by atoms with van der Waals surface area (Å²) in [6, 6.07) is 18.2. The summed E-state index contributed by atoms with van der Waals surface area (Å²) in [7, 11) is 0. The van der Waals surface area contributed by atoms with Crippen LogP contribution in [0.4, 0.5) is 5.69 Å². The predicted molar refractivity (Wildman–Crippen MR) is 124 cm³/mol. The van der Waals surface area contributed by atoms with Gasteiger partial charge >= 0.3 is 0 Å². The molecule has 152 valence electrons. The summed E-state index contributed by atoms with van der Waals surface area (Å²) < 4.78 is 12.8. The van der Waals surface area contributed by atoms with Gasteiger partial charge < -0.3 is 14.8 Å². The fourth-order valence-corrected chi connectivity index (χ4v) is 3.85. The summed E-state index contributed by atoms with van der Waals surface area (Å²) in [5, 5.41) is 4.22. The molecule has 0 atom stereocenters. The van der Waals surface area contributed by atoms with E-state index in [0.29, 0.717) is 30.5 Å². The first kappa shape index (κ1) is 21.5. The first-order chi connectivity index (χ1) is 14.0. The lowest BCUT2D eigenvalue weighted by atomic mass is 10.1. The highest BCUT2D eigenvalue weighted by atomic mass is 79.9. The molecule has 0 spiro atoms. The Hall–Kier alpha value is -2.17. The van der Waals surface area contributed by atoms with E-state index in [1.165, 1.54) is 11.1 Å². The molecule has 0 amide bonds. The number of hydrogen-bond donors (Lipinski definition) is 1. The van der Waals surface area contributed by atoms with Crippen molar-refractivity contribution >= 4 is 33.2 Å². The SMILES string of the molecule is CCOc1cc(CNc2cc(C)ccc2C)cc(Br)c1OCc1cccc(Cl)c1. The second-order valence-corrected chi connectivity index (χ2v) is 8.22. The van der Waals surface area contributed by atoms with Crippen molar-refractivity contribution in [2.24, 2.45) is 0 Å². The Morgan fingerprint density at radius 2 is 1.79 bits per heavy atom. The standard InChI is InChI=1S/C24H25BrClNO2/c1-4-28-23-13-19(14-27-22-10-16(2)8-9-17(22)3)12-21(25)24(23)29-15-18-6-5-7-20(26)11-18/h5-13,27H,4,14-15H2,1-3H3. The second-order valence-electron chi connectivity index (χ2n) is 6.93. The van der Waals surface area contributed by atoms with Crippen molar-refractivity contribution < 1.29 is 9.47 Å². The van der Waals surface area contributed by atoms with Crippen LogP contribution in [0.25, 0.3) is 0 Å². The zero-order chi connectivity index (χ0) is 20.8. The van der Waals surface area contributed by atoms with Crippen molar-refractivity contribution in [2.45, 2.75) is 33.9 Å². The van der Waals surface area contributed by atoms with E-state index in [4.69, 9.17) is 21.1 Å². The van der Waals surface area contributed by atoms with E-state index < -0.39 is 0 Å². The molecule has 0 aliphatic rings. The molecule has 0 saturated heterocycles. The first-order valence-electron chi connectivity index (χ1n) is 9.60. The number of nitrogens with one attached hydrogen (secondary N) is 1. The molecule has 0 heterocycles. The van der Waals surface area contributed by atoms with E-state index in [2.05, 4.69) is 59.4 Å². The van der Waals surface area contributed by atoms with Gasteiger partial charge in [0.2, 0.25) is 0 Å². The molecule has 0 aliphatic heterocycles. The Labute approximate surface area is 186 Å². The normalized spacial score (nSPS) is 10.7. The molecule has 0 aliphatic carbocycles. The molecule has 0 saturated carbocycles. The number of hydrogen-bond acceptors (Lipinski definition) is 3. The largest absolute Gasteiger partial charge is 0.490 e. The number of anilines is 1. The highest BCUT2D eigenvalue weighted by Crippen LogP contribution is 2.38. The van der Waals surface area contributed by atoms with Gasteiger partial charge in [0.05, 0.1) is 11.1 Å². The lowest BCUT2D eigenvalue weighted by Crippen LogP contribution is -2.05. The minimum absolute atomic E-state index is 0.416. The van der Waals surface area contributed by atoms with E-state index in [-0.39, 0.29) is 0 Å². The lowest BCUT2D eigenvalue weighted by molar-refractivity contribution is 0.267.